The van der Waals surface area contributed by atoms with Gasteiger partial charge in [0.2, 0.25) is 0 Å². The second-order valence-electron chi connectivity index (χ2n) is 5.68. The molecule has 2 aromatic rings. The lowest BCUT2D eigenvalue weighted by molar-refractivity contribution is -0.110. The smallest absolute Gasteiger partial charge is 0.127 e. The van der Waals surface area contributed by atoms with Gasteiger partial charge in [-0.2, -0.15) is 0 Å². The highest BCUT2D eigenvalue weighted by Gasteiger charge is 2.31. The van der Waals surface area contributed by atoms with Crippen LogP contribution in [-0.2, 0) is 17.8 Å². The van der Waals surface area contributed by atoms with Crippen molar-refractivity contribution in [3.8, 4) is 5.75 Å². The predicted octanol–water partition coefficient (Wildman–Crippen LogP) is 4.30. The van der Waals surface area contributed by atoms with Crippen LogP contribution in [0.15, 0.2) is 60.7 Å². The summed E-state index contributed by atoms with van der Waals surface area (Å²) in [6.07, 6.45) is 5.96. The lowest BCUT2D eigenvalue weighted by atomic mass is 9.71. The third kappa shape index (κ3) is 2.96. The molecule has 1 aliphatic carbocycles. The van der Waals surface area contributed by atoms with Gasteiger partial charge in [-0.25, -0.2) is 0 Å². The summed E-state index contributed by atoms with van der Waals surface area (Å²) >= 11 is 0. The Kier molecular flexibility index (Phi) is 4.38. The van der Waals surface area contributed by atoms with Gasteiger partial charge in [0.05, 0.1) is 0 Å². The number of allylic oxidation sites excluding steroid dienone is 2. The summed E-state index contributed by atoms with van der Waals surface area (Å²) < 4.78 is 5.88. The van der Waals surface area contributed by atoms with Crippen LogP contribution >= 0.6 is 0 Å². The lowest BCUT2D eigenvalue weighted by Gasteiger charge is -2.33. The Morgan fingerprint density at radius 3 is 2.77 bits per heavy atom. The highest BCUT2D eigenvalue weighted by Crippen LogP contribution is 2.42. The predicted molar refractivity (Wildman–Crippen MR) is 88.0 cm³/mol. The van der Waals surface area contributed by atoms with Gasteiger partial charge < -0.3 is 9.53 Å². The molecule has 0 amide bonds. The van der Waals surface area contributed by atoms with Crippen molar-refractivity contribution in [1.29, 1.82) is 0 Å². The van der Waals surface area contributed by atoms with Crippen LogP contribution in [0.4, 0.5) is 0 Å². The van der Waals surface area contributed by atoms with Gasteiger partial charge in [-0.15, -0.1) is 0 Å². The van der Waals surface area contributed by atoms with E-state index in [1.807, 2.05) is 43.3 Å². The number of aldehydes is 1. The Bertz CT molecular complexity index is 673. The number of carbonyl (C=O) groups is 1. The fraction of sp³-hybridized carbons (Fsp3) is 0.250. The second kappa shape index (κ2) is 6.61. The van der Waals surface area contributed by atoms with Crippen molar-refractivity contribution in [2.45, 2.75) is 25.9 Å². The number of hydrogen-bond donors (Lipinski definition) is 0. The molecule has 0 aliphatic heterocycles. The average Bonchev–Trinajstić information content (AvgIpc) is 2.55. The van der Waals surface area contributed by atoms with Crippen LogP contribution in [0.2, 0.25) is 0 Å². The molecule has 2 atom stereocenters. The molecular formula is C20H20O2. The lowest BCUT2D eigenvalue weighted by Crippen LogP contribution is -2.25. The van der Waals surface area contributed by atoms with E-state index in [2.05, 4.69) is 24.3 Å². The average molecular weight is 292 g/mol. The first-order valence-electron chi connectivity index (χ1n) is 7.69. The van der Waals surface area contributed by atoms with Crippen molar-refractivity contribution in [2.75, 3.05) is 0 Å². The molecule has 0 heterocycles. The van der Waals surface area contributed by atoms with Crippen LogP contribution < -0.4 is 4.74 Å². The normalized spacial score (nSPS) is 17.6. The number of rotatable bonds is 6. The van der Waals surface area contributed by atoms with E-state index in [0.717, 1.165) is 24.0 Å². The van der Waals surface area contributed by atoms with Crippen molar-refractivity contribution < 1.29 is 9.53 Å². The summed E-state index contributed by atoms with van der Waals surface area (Å²) in [5.74, 6) is 1.14. The zero-order valence-corrected chi connectivity index (χ0v) is 12.7. The first-order chi connectivity index (χ1) is 10.8. The summed E-state index contributed by atoms with van der Waals surface area (Å²) in [5.41, 5.74) is 3.73. The molecule has 0 N–H and O–H groups in total. The molecule has 0 fully saturated rings. The van der Waals surface area contributed by atoms with Crippen molar-refractivity contribution in [1.82, 2.24) is 0 Å². The molecule has 0 saturated heterocycles. The molecule has 2 unspecified atom stereocenters. The van der Waals surface area contributed by atoms with Gasteiger partial charge in [0, 0.05) is 11.8 Å². The molecule has 2 nitrogen and oxygen atoms in total. The Morgan fingerprint density at radius 1 is 1.23 bits per heavy atom. The Balaban J connectivity index is 1.71. The van der Waals surface area contributed by atoms with Crippen LogP contribution in [0, 0.1) is 5.92 Å². The Hall–Kier alpha value is -2.35. The first kappa shape index (κ1) is 14.6. The molecule has 0 spiro atoms. The van der Waals surface area contributed by atoms with Crippen molar-refractivity contribution >= 4 is 6.29 Å². The van der Waals surface area contributed by atoms with E-state index < -0.39 is 0 Å². The fourth-order valence-electron chi connectivity index (χ4n) is 2.99. The zero-order valence-electron chi connectivity index (χ0n) is 12.7. The second-order valence-corrected chi connectivity index (χ2v) is 5.68. The van der Waals surface area contributed by atoms with Gasteiger partial charge in [-0.1, -0.05) is 48.6 Å². The molecule has 112 valence electrons. The molecular weight excluding hydrogens is 272 g/mol. The minimum atomic E-state index is -0.0260. The molecule has 2 aromatic carbocycles. The first-order valence-corrected chi connectivity index (χ1v) is 7.69. The summed E-state index contributed by atoms with van der Waals surface area (Å²) in [4.78, 5) is 11.3. The van der Waals surface area contributed by atoms with E-state index >= 15 is 0 Å². The van der Waals surface area contributed by atoms with E-state index in [1.54, 1.807) is 0 Å². The van der Waals surface area contributed by atoms with Crippen molar-refractivity contribution in [3.63, 3.8) is 0 Å². The van der Waals surface area contributed by atoms with Gasteiger partial charge in [-0.05, 0) is 42.2 Å². The SMILES string of the molecule is CC=CC(C=O)C1Cc2ccc(OCc3ccccc3)cc21. The minimum absolute atomic E-state index is 0.0260. The third-order valence-corrected chi connectivity index (χ3v) is 4.24. The van der Waals surface area contributed by atoms with Gasteiger partial charge in [0.1, 0.15) is 18.6 Å². The molecule has 0 aromatic heterocycles. The molecule has 3 rings (SSSR count). The monoisotopic (exact) mass is 292 g/mol. The number of fused-ring (bicyclic) bond motifs is 1. The standard InChI is InChI=1S/C20H20O2/c1-2-6-17(13-21)19-11-16-9-10-18(12-20(16)19)22-14-15-7-4-3-5-8-15/h2-10,12-13,17,19H,11,14H2,1H3. The maximum absolute atomic E-state index is 11.3. The number of carbonyl (C=O) groups excluding carboxylic acids is 1. The Morgan fingerprint density at radius 2 is 2.05 bits per heavy atom. The van der Waals surface area contributed by atoms with E-state index in [-0.39, 0.29) is 5.92 Å². The minimum Gasteiger partial charge on any atom is -0.489 e. The van der Waals surface area contributed by atoms with Crippen LogP contribution in [0.25, 0.3) is 0 Å². The van der Waals surface area contributed by atoms with E-state index in [4.69, 9.17) is 4.74 Å². The molecule has 0 radical (unpaired) electrons. The Labute approximate surface area is 131 Å². The van der Waals surface area contributed by atoms with Crippen LogP contribution in [-0.4, -0.2) is 6.29 Å². The van der Waals surface area contributed by atoms with E-state index in [1.165, 1.54) is 11.1 Å². The van der Waals surface area contributed by atoms with Gasteiger partial charge in [0.15, 0.2) is 0 Å². The molecule has 2 heteroatoms. The number of hydrogen-bond acceptors (Lipinski definition) is 2. The zero-order chi connectivity index (χ0) is 15.4. The summed E-state index contributed by atoms with van der Waals surface area (Å²) in [7, 11) is 0. The van der Waals surface area contributed by atoms with Gasteiger partial charge >= 0.3 is 0 Å². The molecule has 22 heavy (non-hydrogen) atoms. The largest absolute Gasteiger partial charge is 0.489 e. The highest BCUT2D eigenvalue weighted by atomic mass is 16.5. The number of benzene rings is 2. The van der Waals surface area contributed by atoms with E-state index in [0.29, 0.717) is 12.5 Å². The summed E-state index contributed by atoms with van der Waals surface area (Å²) in [5, 5.41) is 0. The quantitative estimate of drug-likeness (QED) is 0.586. The summed E-state index contributed by atoms with van der Waals surface area (Å²) in [6.45, 7) is 2.52. The van der Waals surface area contributed by atoms with E-state index in [9.17, 15) is 4.79 Å². The third-order valence-electron chi connectivity index (χ3n) is 4.24. The topological polar surface area (TPSA) is 26.3 Å². The number of ether oxygens (including phenoxy) is 1. The molecule has 0 bridgehead atoms. The highest BCUT2D eigenvalue weighted by molar-refractivity contribution is 5.62. The van der Waals surface area contributed by atoms with Crippen LogP contribution in [0.1, 0.15) is 29.5 Å². The van der Waals surface area contributed by atoms with Gasteiger partial charge in [0.25, 0.3) is 0 Å². The van der Waals surface area contributed by atoms with Crippen LogP contribution in [0.3, 0.4) is 0 Å². The summed E-state index contributed by atoms with van der Waals surface area (Å²) in [6, 6.07) is 16.4. The molecule has 0 saturated carbocycles. The maximum atomic E-state index is 11.3. The van der Waals surface area contributed by atoms with Gasteiger partial charge in [-0.3, -0.25) is 0 Å². The maximum Gasteiger partial charge on any atom is 0.127 e. The van der Waals surface area contributed by atoms with Crippen molar-refractivity contribution in [3.05, 3.63) is 77.4 Å². The fourth-order valence-corrected chi connectivity index (χ4v) is 2.99. The van der Waals surface area contributed by atoms with Crippen LogP contribution in [0.5, 0.6) is 5.75 Å². The molecule has 1 aliphatic rings. The van der Waals surface area contributed by atoms with Crippen molar-refractivity contribution in [2.24, 2.45) is 5.92 Å².